The van der Waals surface area contributed by atoms with Crippen molar-refractivity contribution in [2.45, 2.75) is 60.8 Å². The van der Waals surface area contributed by atoms with Gasteiger partial charge in [0.25, 0.3) is 0 Å². The van der Waals surface area contributed by atoms with Crippen LogP contribution in [-0.2, 0) is 14.3 Å². The lowest BCUT2D eigenvalue weighted by Crippen LogP contribution is -2.38. The molecule has 0 heterocycles. The maximum absolute atomic E-state index is 11.7. The summed E-state index contributed by atoms with van der Waals surface area (Å²) in [6.45, 7) is 13.9. The molecule has 2 unspecified atom stereocenters. The van der Waals surface area contributed by atoms with E-state index >= 15 is 0 Å². The summed E-state index contributed by atoms with van der Waals surface area (Å²) >= 11 is 0. The number of hydrogen-bond donors (Lipinski definition) is 1. The number of hydrogen-bond acceptors (Lipinski definition) is 3. The van der Waals surface area contributed by atoms with Crippen LogP contribution < -0.4 is 0 Å². The van der Waals surface area contributed by atoms with Gasteiger partial charge >= 0.3 is 11.9 Å². The van der Waals surface area contributed by atoms with Crippen LogP contribution in [-0.4, -0.2) is 23.7 Å². The van der Waals surface area contributed by atoms with Crippen molar-refractivity contribution in [1.29, 1.82) is 0 Å². The summed E-state index contributed by atoms with van der Waals surface area (Å²) in [5, 5.41) is 8.65. The van der Waals surface area contributed by atoms with E-state index in [1.54, 1.807) is 0 Å². The van der Waals surface area contributed by atoms with Gasteiger partial charge < -0.3 is 9.84 Å². The second-order valence-corrected chi connectivity index (χ2v) is 8.07. The van der Waals surface area contributed by atoms with Gasteiger partial charge in [0.1, 0.15) is 6.61 Å². The van der Waals surface area contributed by atoms with Crippen molar-refractivity contribution in [3.8, 4) is 0 Å². The summed E-state index contributed by atoms with van der Waals surface area (Å²) in [6, 6.07) is 0. The van der Waals surface area contributed by atoms with Gasteiger partial charge in [0.05, 0.1) is 12.8 Å². The third kappa shape index (κ3) is 5.64. The van der Waals surface area contributed by atoms with Crippen LogP contribution >= 0.6 is 0 Å². The standard InChI is InChI=1S/C20H34O4/c1-12(2)16-8-7-15(11-24-18(23)10-9-17(21)22)19(13(3)4)20(16)14(5)6/h7,12-14,16,19-20H,8-11H2,1-6H3,(H,21,22)/t16-,19?,20?/m1/s1. The van der Waals surface area contributed by atoms with Crippen LogP contribution in [0.4, 0.5) is 0 Å². The van der Waals surface area contributed by atoms with Crippen LogP contribution in [0.3, 0.4) is 0 Å². The van der Waals surface area contributed by atoms with Gasteiger partial charge in [-0.3, -0.25) is 9.59 Å². The van der Waals surface area contributed by atoms with E-state index in [2.05, 4.69) is 47.6 Å². The number of allylic oxidation sites excluding steroid dienone is 1. The highest BCUT2D eigenvalue weighted by Gasteiger charge is 2.39. The summed E-state index contributed by atoms with van der Waals surface area (Å²) < 4.78 is 5.37. The Bertz CT molecular complexity index is 462. The van der Waals surface area contributed by atoms with E-state index in [9.17, 15) is 9.59 Å². The van der Waals surface area contributed by atoms with Crippen molar-refractivity contribution in [2.75, 3.05) is 6.61 Å². The minimum absolute atomic E-state index is 0.0583. The summed E-state index contributed by atoms with van der Waals surface area (Å²) in [6.07, 6.45) is 3.07. The molecule has 0 fully saturated rings. The van der Waals surface area contributed by atoms with Gasteiger partial charge in [-0.05, 0) is 47.5 Å². The zero-order valence-electron chi connectivity index (χ0n) is 16.0. The molecule has 138 valence electrons. The fourth-order valence-corrected chi connectivity index (χ4v) is 4.19. The molecule has 4 nitrogen and oxygen atoms in total. The lowest BCUT2D eigenvalue weighted by atomic mass is 9.61. The smallest absolute Gasteiger partial charge is 0.306 e. The van der Waals surface area contributed by atoms with Crippen LogP contribution in [0, 0.1) is 35.5 Å². The van der Waals surface area contributed by atoms with Crippen molar-refractivity contribution < 1.29 is 19.4 Å². The van der Waals surface area contributed by atoms with Crippen LogP contribution in [0.2, 0.25) is 0 Å². The van der Waals surface area contributed by atoms with Crippen LogP contribution in [0.15, 0.2) is 11.6 Å². The molecular formula is C20H34O4. The first-order valence-electron chi connectivity index (χ1n) is 9.21. The second kappa shape index (κ2) is 9.24. The van der Waals surface area contributed by atoms with Gasteiger partial charge in [0.15, 0.2) is 0 Å². The SMILES string of the molecule is CC(C)C1C(COC(=O)CCC(=O)O)=CC[C@H](C(C)C)C1C(C)C. The van der Waals surface area contributed by atoms with Gasteiger partial charge in [-0.15, -0.1) is 0 Å². The summed E-state index contributed by atoms with van der Waals surface area (Å²) in [7, 11) is 0. The minimum atomic E-state index is -0.969. The van der Waals surface area contributed by atoms with E-state index in [1.807, 2.05) is 0 Å². The zero-order valence-corrected chi connectivity index (χ0v) is 16.0. The molecule has 0 aromatic heterocycles. The third-order valence-electron chi connectivity index (χ3n) is 5.28. The Kier molecular flexibility index (Phi) is 7.98. The average molecular weight is 338 g/mol. The lowest BCUT2D eigenvalue weighted by molar-refractivity contribution is -0.147. The first-order valence-corrected chi connectivity index (χ1v) is 9.21. The Morgan fingerprint density at radius 1 is 1.08 bits per heavy atom. The minimum Gasteiger partial charge on any atom is -0.481 e. The van der Waals surface area contributed by atoms with Crippen molar-refractivity contribution in [3.05, 3.63) is 11.6 Å². The van der Waals surface area contributed by atoms with E-state index < -0.39 is 11.9 Å². The third-order valence-corrected chi connectivity index (χ3v) is 5.28. The molecule has 0 radical (unpaired) electrons. The van der Waals surface area contributed by atoms with Gasteiger partial charge in [0, 0.05) is 0 Å². The highest BCUT2D eigenvalue weighted by Crippen LogP contribution is 2.46. The molecule has 0 saturated heterocycles. The molecule has 1 aliphatic carbocycles. The summed E-state index contributed by atoms with van der Waals surface area (Å²) in [5.74, 6) is 1.97. The molecule has 0 spiro atoms. The van der Waals surface area contributed by atoms with Gasteiger partial charge in [-0.1, -0.05) is 47.6 Å². The molecule has 4 heteroatoms. The largest absolute Gasteiger partial charge is 0.481 e. The number of carbonyl (C=O) groups is 2. The molecular weight excluding hydrogens is 304 g/mol. The number of rotatable bonds is 8. The maximum Gasteiger partial charge on any atom is 0.306 e. The Morgan fingerprint density at radius 2 is 1.71 bits per heavy atom. The molecule has 0 saturated carbocycles. The molecule has 0 aromatic rings. The van der Waals surface area contributed by atoms with Gasteiger partial charge in [0.2, 0.25) is 0 Å². The van der Waals surface area contributed by atoms with Crippen LogP contribution in [0.25, 0.3) is 0 Å². The van der Waals surface area contributed by atoms with Crippen molar-refractivity contribution >= 4 is 11.9 Å². The van der Waals surface area contributed by atoms with Crippen molar-refractivity contribution in [3.63, 3.8) is 0 Å². The Balaban J connectivity index is 2.84. The predicted molar refractivity (Wildman–Crippen MR) is 95.5 cm³/mol. The second-order valence-electron chi connectivity index (χ2n) is 8.07. The fourth-order valence-electron chi connectivity index (χ4n) is 4.19. The molecule has 0 bridgehead atoms. The molecule has 0 aromatic carbocycles. The number of ether oxygens (including phenoxy) is 1. The maximum atomic E-state index is 11.7. The Morgan fingerprint density at radius 3 is 2.17 bits per heavy atom. The van der Waals surface area contributed by atoms with E-state index in [-0.39, 0.29) is 12.8 Å². The monoisotopic (exact) mass is 338 g/mol. The number of carboxylic acid groups (broad SMARTS) is 1. The highest BCUT2D eigenvalue weighted by molar-refractivity contribution is 5.76. The molecule has 24 heavy (non-hydrogen) atoms. The first-order chi connectivity index (χ1) is 11.1. The highest BCUT2D eigenvalue weighted by atomic mass is 16.5. The zero-order chi connectivity index (χ0) is 18.4. The fraction of sp³-hybridized carbons (Fsp3) is 0.800. The topological polar surface area (TPSA) is 63.6 Å². The van der Waals surface area contributed by atoms with E-state index in [4.69, 9.17) is 9.84 Å². The quantitative estimate of drug-likeness (QED) is 0.521. The van der Waals surface area contributed by atoms with Gasteiger partial charge in [-0.2, -0.15) is 0 Å². The summed E-state index contributed by atoms with van der Waals surface area (Å²) in [4.78, 5) is 22.3. The number of esters is 1. The Labute approximate surface area is 146 Å². The van der Waals surface area contributed by atoms with E-state index in [0.29, 0.717) is 42.1 Å². The number of aliphatic carboxylic acids is 1. The van der Waals surface area contributed by atoms with Gasteiger partial charge in [-0.25, -0.2) is 0 Å². The number of carbonyl (C=O) groups excluding carboxylic acids is 1. The molecule has 0 amide bonds. The molecule has 1 aliphatic rings. The van der Waals surface area contributed by atoms with Crippen molar-refractivity contribution in [1.82, 2.24) is 0 Å². The van der Waals surface area contributed by atoms with Crippen LogP contribution in [0.5, 0.6) is 0 Å². The normalized spacial score (nSPS) is 24.4. The predicted octanol–water partition coefficient (Wildman–Crippen LogP) is 4.54. The Hall–Kier alpha value is -1.32. The lowest BCUT2D eigenvalue weighted by Gasteiger charge is -2.44. The van der Waals surface area contributed by atoms with Crippen molar-refractivity contribution in [2.24, 2.45) is 35.5 Å². The number of carboxylic acids is 1. The molecule has 0 aliphatic heterocycles. The van der Waals surface area contributed by atoms with E-state index in [1.165, 1.54) is 5.57 Å². The molecule has 1 N–H and O–H groups in total. The molecule has 1 rings (SSSR count). The van der Waals surface area contributed by atoms with Crippen LogP contribution in [0.1, 0.15) is 60.8 Å². The summed E-state index contributed by atoms with van der Waals surface area (Å²) in [5.41, 5.74) is 1.21. The average Bonchev–Trinajstić information content (AvgIpc) is 2.49. The molecule has 3 atom stereocenters. The van der Waals surface area contributed by atoms with E-state index in [0.717, 1.165) is 6.42 Å². The first kappa shape index (κ1) is 20.7.